The van der Waals surface area contributed by atoms with Crippen LogP contribution in [0.15, 0.2) is 12.4 Å². The predicted molar refractivity (Wildman–Crippen MR) is 71.7 cm³/mol. The Morgan fingerprint density at radius 1 is 1.42 bits per heavy atom. The second kappa shape index (κ2) is 6.67. The number of nitrogens with zero attached hydrogens (tertiary/aromatic N) is 3. The third-order valence-corrected chi connectivity index (χ3v) is 2.36. The van der Waals surface area contributed by atoms with E-state index in [2.05, 4.69) is 15.3 Å². The van der Waals surface area contributed by atoms with Gasteiger partial charge in [-0.05, 0) is 20.8 Å². The van der Waals surface area contributed by atoms with E-state index in [0.717, 1.165) is 0 Å². The van der Waals surface area contributed by atoms with Gasteiger partial charge < -0.3 is 16.0 Å². The average molecular weight is 265 g/mol. The fourth-order valence-electron chi connectivity index (χ4n) is 1.52. The van der Waals surface area contributed by atoms with Crippen LogP contribution in [0.5, 0.6) is 0 Å². The standard InChI is InChI=1S/C12H19N5O2/c1-4-17(7-11(18)15-8(2)3)10-6-14-5-9(16-10)12(13)19/h5-6,8H,4,7H2,1-3H3,(H2,13,19)(H,15,18). The van der Waals surface area contributed by atoms with Gasteiger partial charge in [0.05, 0.1) is 18.9 Å². The molecule has 0 saturated heterocycles. The Kier molecular flexibility index (Phi) is 5.23. The molecule has 0 unspecified atom stereocenters. The van der Waals surface area contributed by atoms with Gasteiger partial charge >= 0.3 is 0 Å². The summed E-state index contributed by atoms with van der Waals surface area (Å²) in [5.74, 6) is -0.294. The van der Waals surface area contributed by atoms with Gasteiger partial charge in [0.2, 0.25) is 5.91 Å². The molecule has 0 aromatic carbocycles. The van der Waals surface area contributed by atoms with Crippen LogP contribution in [0.1, 0.15) is 31.3 Å². The van der Waals surface area contributed by atoms with Crippen LogP contribution in [0.2, 0.25) is 0 Å². The minimum Gasteiger partial charge on any atom is -0.364 e. The van der Waals surface area contributed by atoms with E-state index in [-0.39, 0.29) is 24.2 Å². The van der Waals surface area contributed by atoms with Crippen LogP contribution in [0.4, 0.5) is 5.82 Å². The number of primary amides is 1. The van der Waals surface area contributed by atoms with E-state index in [1.54, 1.807) is 4.90 Å². The zero-order valence-electron chi connectivity index (χ0n) is 11.4. The zero-order valence-corrected chi connectivity index (χ0v) is 11.4. The minimum atomic E-state index is -0.642. The van der Waals surface area contributed by atoms with E-state index in [1.807, 2.05) is 20.8 Å². The summed E-state index contributed by atoms with van der Waals surface area (Å²) in [7, 11) is 0. The van der Waals surface area contributed by atoms with Crippen molar-refractivity contribution in [3.05, 3.63) is 18.1 Å². The predicted octanol–water partition coefficient (Wildman–Crippen LogP) is -0.0736. The summed E-state index contributed by atoms with van der Waals surface area (Å²) in [4.78, 5) is 32.5. The number of rotatable bonds is 6. The third kappa shape index (κ3) is 4.53. The van der Waals surface area contributed by atoms with Crippen molar-refractivity contribution in [2.45, 2.75) is 26.8 Å². The largest absolute Gasteiger partial charge is 0.364 e. The lowest BCUT2D eigenvalue weighted by Crippen LogP contribution is -2.40. The third-order valence-electron chi connectivity index (χ3n) is 2.36. The van der Waals surface area contributed by atoms with Gasteiger partial charge in [-0.1, -0.05) is 0 Å². The van der Waals surface area contributed by atoms with E-state index >= 15 is 0 Å². The first-order valence-corrected chi connectivity index (χ1v) is 6.10. The quantitative estimate of drug-likeness (QED) is 0.749. The smallest absolute Gasteiger partial charge is 0.268 e. The maximum atomic E-state index is 11.7. The Balaban J connectivity index is 2.82. The molecule has 0 aliphatic heterocycles. The molecule has 7 nitrogen and oxygen atoms in total. The Labute approximate surface area is 112 Å². The lowest BCUT2D eigenvalue weighted by atomic mass is 10.3. The van der Waals surface area contributed by atoms with Gasteiger partial charge in [-0.2, -0.15) is 0 Å². The second-order valence-electron chi connectivity index (χ2n) is 4.36. The van der Waals surface area contributed by atoms with E-state index in [1.165, 1.54) is 12.4 Å². The second-order valence-corrected chi connectivity index (χ2v) is 4.36. The van der Waals surface area contributed by atoms with Crippen molar-refractivity contribution in [3.63, 3.8) is 0 Å². The van der Waals surface area contributed by atoms with Gasteiger partial charge in [0.15, 0.2) is 0 Å². The van der Waals surface area contributed by atoms with Gasteiger partial charge in [-0.25, -0.2) is 4.98 Å². The molecule has 1 aromatic heterocycles. The SMILES string of the molecule is CCN(CC(=O)NC(C)C)c1cncc(C(N)=O)n1. The van der Waals surface area contributed by atoms with Crippen molar-refractivity contribution in [1.29, 1.82) is 0 Å². The molecule has 1 aromatic rings. The summed E-state index contributed by atoms with van der Waals surface area (Å²) >= 11 is 0. The van der Waals surface area contributed by atoms with Crippen molar-refractivity contribution < 1.29 is 9.59 Å². The normalized spacial score (nSPS) is 10.3. The highest BCUT2D eigenvalue weighted by molar-refractivity contribution is 5.90. The van der Waals surface area contributed by atoms with Gasteiger partial charge in [0.25, 0.3) is 5.91 Å². The van der Waals surface area contributed by atoms with Crippen molar-refractivity contribution in [1.82, 2.24) is 15.3 Å². The Bertz CT molecular complexity index is 461. The van der Waals surface area contributed by atoms with Crippen molar-refractivity contribution in [2.24, 2.45) is 5.73 Å². The number of hydrogen-bond acceptors (Lipinski definition) is 5. The number of nitrogens with one attached hydrogen (secondary N) is 1. The summed E-state index contributed by atoms with van der Waals surface area (Å²) in [6.45, 7) is 6.40. The molecule has 3 N–H and O–H groups in total. The average Bonchev–Trinajstić information content (AvgIpc) is 2.35. The van der Waals surface area contributed by atoms with Gasteiger partial charge in [0.1, 0.15) is 11.5 Å². The van der Waals surface area contributed by atoms with E-state index in [9.17, 15) is 9.59 Å². The number of likely N-dealkylation sites (N-methyl/N-ethyl adjacent to an activating group) is 1. The van der Waals surface area contributed by atoms with Gasteiger partial charge in [-0.15, -0.1) is 0 Å². The van der Waals surface area contributed by atoms with Gasteiger partial charge in [0, 0.05) is 12.6 Å². The topological polar surface area (TPSA) is 101 Å². The Morgan fingerprint density at radius 3 is 2.63 bits per heavy atom. The van der Waals surface area contributed by atoms with Crippen molar-refractivity contribution in [2.75, 3.05) is 18.0 Å². The number of carbonyl (C=O) groups is 2. The number of amides is 2. The molecule has 0 aliphatic carbocycles. The molecular formula is C12H19N5O2. The molecule has 104 valence electrons. The fourth-order valence-corrected chi connectivity index (χ4v) is 1.52. The minimum absolute atomic E-state index is 0.0780. The maximum Gasteiger partial charge on any atom is 0.268 e. The maximum absolute atomic E-state index is 11.7. The van der Waals surface area contributed by atoms with E-state index in [0.29, 0.717) is 12.4 Å². The molecular weight excluding hydrogens is 246 g/mol. The summed E-state index contributed by atoms with van der Waals surface area (Å²) in [6.07, 6.45) is 2.80. The number of nitrogens with two attached hydrogens (primary N) is 1. The van der Waals surface area contributed by atoms with E-state index in [4.69, 9.17) is 5.73 Å². The van der Waals surface area contributed by atoms with Crippen LogP contribution < -0.4 is 16.0 Å². The molecule has 2 amide bonds. The highest BCUT2D eigenvalue weighted by Gasteiger charge is 2.13. The number of anilines is 1. The van der Waals surface area contributed by atoms with Crippen LogP contribution >= 0.6 is 0 Å². The molecule has 0 saturated carbocycles. The molecule has 19 heavy (non-hydrogen) atoms. The highest BCUT2D eigenvalue weighted by atomic mass is 16.2. The molecule has 1 heterocycles. The summed E-state index contributed by atoms with van der Waals surface area (Å²) in [5.41, 5.74) is 5.24. The highest BCUT2D eigenvalue weighted by Crippen LogP contribution is 2.08. The Hall–Kier alpha value is -2.18. The van der Waals surface area contributed by atoms with Crippen LogP contribution in [0.3, 0.4) is 0 Å². The monoisotopic (exact) mass is 265 g/mol. The zero-order chi connectivity index (χ0) is 14.4. The van der Waals surface area contributed by atoms with Crippen LogP contribution in [-0.2, 0) is 4.79 Å². The summed E-state index contributed by atoms with van der Waals surface area (Å²) in [6, 6.07) is 0.0780. The Morgan fingerprint density at radius 2 is 2.11 bits per heavy atom. The van der Waals surface area contributed by atoms with E-state index < -0.39 is 5.91 Å². The lowest BCUT2D eigenvalue weighted by molar-refractivity contribution is -0.120. The van der Waals surface area contributed by atoms with Gasteiger partial charge in [-0.3, -0.25) is 14.6 Å². The molecule has 0 spiro atoms. The molecule has 1 rings (SSSR count). The molecule has 7 heteroatoms. The molecule has 0 bridgehead atoms. The number of hydrogen-bond donors (Lipinski definition) is 2. The van der Waals surface area contributed by atoms with Crippen LogP contribution in [0.25, 0.3) is 0 Å². The molecule has 0 atom stereocenters. The number of aromatic nitrogens is 2. The lowest BCUT2D eigenvalue weighted by Gasteiger charge is -2.21. The van der Waals surface area contributed by atoms with Crippen LogP contribution in [-0.4, -0.2) is 40.9 Å². The summed E-state index contributed by atoms with van der Waals surface area (Å²) in [5, 5.41) is 2.79. The molecule has 0 aliphatic rings. The first-order valence-electron chi connectivity index (χ1n) is 6.10. The summed E-state index contributed by atoms with van der Waals surface area (Å²) < 4.78 is 0. The first kappa shape index (κ1) is 14.9. The fraction of sp³-hybridized carbons (Fsp3) is 0.500. The molecule has 0 fully saturated rings. The number of carbonyl (C=O) groups excluding carboxylic acids is 2. The van der Waals surface area contributed by atoms with Crippen molar-refractivity contribution in [3.8, 4) is 0 Å². The first-order chi connectivity index (χ1) is 8.93. The molecule has 0 radical (unpaired) electrons. The van der Waals surface area contributed by atoms with Crippen LogP contribution in [0, 0.1) is 0 Å². The van der Waals surface area contributed by atoms with Crippen molar-refractivity contribution >= 4 is 17.6 Å².